The molecule has 0 bridgehead atoms. The molecule has 5 nitrogen and oxygen atoms in total. The standard InChI is InChI=1S/C18H21Cl2NO4/c1-10(2)24-7-8-25-18(23)16-11(3)21-15(22)9-13(16)12-5-4-6-14(19)17(12)20/h4-6,10,13H,7-9H2,1-3H3,(H,21,22)/t13-/m1/s1. The molecule has 0 unspecified atom stereocenters. The fourth-order valence-corrected chi connectivity index (χ4v) is 3.16. The van der Waals surface area contributed by atoms with Gasteiger partial charge in [-0.2, -0.15) is 0 Å². The van der Waals surface area contributed by atoms with Crippen molar-refractivity contribution in [1.82, 2.24) is 5.32 Å². The van der Waals surface area contributed by atoms with E-state index in [4.69, 9.17) is 32.7 Å². The number of allylic oxidation sites excluding steroid dienone is 1. The summed E-state index contributed by atoms with van der Waals surface area (Å²) >= 11 is 12.4. The maximum absolute atomic E-state index is 12.6. The Morgan fingerprint density at radius 1 is 1.32 bits per heavy atom. The second-order valence-corrected chi connectivity index (χ2v) is 6.83. The van der Waals surface area contributed by atoms with Gasteiger partial charge >= 0.3 is 5.97 Å². The summed E-state index contributed by atoms with van der Waals surface area (Å²) in [5.41, 5.74) is 1.48. The first-order valence-corrected chi connectivity index (χ1v) is 8.80. The molecule has 1 aliphatic rings. The van der Waals surface area contributed by atoms with Gasteiger partial charge in [0.15, 0.2) is 0 Å². The molecule has 25 heavy (non-hydrogen) atoms. The topological polar surface area (TPSA) is 64.6 Å². The maximum Gasteiger partial charge on any atom is 0.336 e. The van der Waals surface area contributed by atoms with Gasteiger partial charge in [0.05, 0.1) is 28.3 Å². The van der Waals surface area contributed by atoms with Crippen molar-refractivity contribution >= 4 is 35.1 Å². The highest BCUT2D eigenvalue weighted by Gasteiger charge is 2.34. The Bertz CT molecular complexity index is 700. The number of nitrogens with one attached hydrogen (secondary N) is 1. The number of hydrogen-bond acceptors (Lipinski definition) is 4. The first kappa shape index (κ1) is 19.8. The average Bonchev–Trinajstić information content (AvgIpc) is 2.53. The fourth-order valence-electron chi connectivity index (χ4n) is 2.72. The van der Waals surface area contributed by atoms with E-state index in [9.17, 15) is 9.59 Å². The molecule has 0 spiro atoms. The number of rotatable bonds is 6. The molecule has 0 radical (unpaired) electrons. The molecule has 1 N–H and O–H groups in total. The molecule has 1 amide bonds. The van der Waals surface area contributed by atoms with Crippen molar-refractivity contribution in [3.05, 3.63) is 45.1 Å². The summed E-state index contributed by atoms with van der Waals surface area (Å²) in [5, 5.41) is 3.40. The number of hydrogen-bond donors (Lipinski definition) is 1. The van der Waals surface area contributed by atoms with E-state index in [-0.39, 0.29) is 25.0 Å². The molecule has 0 saturated heterocycles. The maximum atomic E-state index is 12.6. The van der Waals surface area contributed by atoms with Crippen LogP contribution >= 0.6 is 23.2 Å². The summed E-state index contributed by atoms with van der Waals surface area (Å²) < 4.78 is 10.7. The quantitative estimate of drug-likeness (QED) is 0.596. The van der Waals surface area contributed by atoms with Gasteiger partial charge < -0.3 is 14.8 Å². The monoisotopic (exact) mass is 385 g/mol. The summed E-state index contributed by atoms with van der Waals surface area (Å²) in [5.74, 6) is -1.18. The van der Waals surface area contributed by atoms with Crippen LogP contribution in [0.2, 0.25) is 10.0 Å². The van der Waals surface area contributed by atoms with Crippen molar-refractivity contribution in [3.8, 4) is 0 Å². The van der Waals surface area contributed by atoms with Gasteiger partial charge in [-0.25, -0.2) is 4.79 Å². The van der Waals surface area contributed by atoms with Gasteiger partial charge in [0, 0.05) is 18.0 Å². The second kappa shape index (κ2) is 8.70. The number of halogens is 2. The van der Waals surface area contributed by atoms with E-state index in [0.29, 0.717) is 33.5 Å². The van der Waals surface area contributed by atoms with Gasteiger partial charge in [0.25, 0.3) is 0 Å². The first-order chi connectivity index (χ1) is 11.8. The molecular formula is C18H21Cl2NO4. The van der Waals surface area contributed by atoms with Crippen LogP contribution in [-0.4, -0.2) is 31.2 Å². The highest BCUT2D eigenvalue weighted by molar-refractivity contribution is 6.42. The molecule has 2 rings (SSSR count). The van der Waals surface area contributed by atoms with Gasteiger partial charge in [0.2, 0.25) is 5.91 Å². The zero-order valence-corrected chi connectivity index (χ0v) is 15.9. The minimum absolute atomic E-state index is 0.0617. The van der Waals surface area contributed by atoms with E-state index in [1.807, 2.05) is 13.8 Å². The van der Waals surface area contributed by atoms with Crippen molar-refractivity contribution < 1.29 is 19.1 Å². The summed E-state index contributed by atoms with van der Waals surface area (Å²) in [4.78, 5) is 24.5. The molecule has 7 heteroatoms. The molecule has 1 aliphatic heterocycles. The van der Waals surface area contributed by atoms with Gasteiger partial charge in [0.1, 0.15) is 6.61 Å². The zero-order chi connectivity index (χ0) is 18.6. The third-order valence-electron chi connectivity index (χ3n) is 3.81. The summed E-state index contributed by atoms with van der Waals surface area (Å²) in [6.07, 6.45) is 0.163. The lowest BCUT2D eigenvalue weighted by atomic mass is 9.84. The molecule has 1 aromatic rings. The minimum Gasteiger partial charge on any atom is -0.460 e. The largest absolute Gasteiger partial charge is 0.460 e. The van der Waals surface area contributed by atoms with E-state index in [1.54, 1.807) is 25.1 Å². The van der Waals surface area contributed by atoms with E-state index >= 15 is 0 Å². The Morgan fingerprint density at radius 2 is 2.04 bits per heavy atom. The van der Waals surface area contributed by atoms with Crippen LogP contribution in [0.1, 0.15) is 38.7 Å². The molecule has 0 saturated carbocycles. The summed E-state index contributed by atoms with van der Waals surface area (Å²) in [7, 11) is 0. The first-order valence-electron chi connectivity index (χ1n) is 8.04. The van der Waals surface area contributed by atoms with E-state index < -0.39 is 11.9 Å². The smallest absolute Gasteiger partial charge is 0.336 e. The number of carbonyl (C=O) groups excluding carboxylic acids is 2. The minimum atomic E-state index is -0.501. The van der Waals surface area contributed by atoms with Crippen molar-refractivity contribution in [2.24, 2.45) is 0 Å². The lowest BCUT2D eigenvalue weighted by Gasteiger charge is -2.27. The predicted octanol–water partition coefficient (Wildman–Crippen LogP) is 3.84. The van der Waals surface area contributed by atoms with Crippen LogP contribution in [0.4, 0.5) is 0 Å². The predicted molar refractivity (Wildman–Crippen MR) is 96.7 cm³/mol. The molecule has 0 aromatic heterocycles. The van der Waals surface area contributed by atoms with Crippen LogP contribution < -0.4 is 5.32 Å². The zero-order valence-electron chi connectivity index (χ0n) is 14.4. The molecular weight excluding hydrogens is 365 g/mol. The van der Waals surface area contributed by atoms with Crippen LogP contribution in [0.15, 0.2) is 29.5 Å². The van der Waals surface area contributed by atoms with Gasteiger partial charge in [-0.05, 0) is 32.4 Å². The SMILES string of the molecule is CC1=C(C(=O)OCCOC(C)C)[C@@H](c2cccc(Cl)c2Cl)CC(=O)N1. The fraction of sp³-hybridized carbons (Fsp3) is 0.444. The Kier molecular flexibility index (Phi) is 6.87. The van der Waals surface area contributed by atoms with Crippen molar-refractivity contribution in [3.63, 3.8) is 0 Å². The number of esters is 1. The number of ether oxygens (including phenoxy) is 2. The van der Waals surface area contributed by atoms with E-state index in [0.717, 1.165) is 0 Å². The molecule has 1 heterocycles. The summed E-state index contributed by atoms with van der Waals surface area (Å²) in [6, 6.07) is 5.17. The van der Waals surface area contributed by atoms with Crippen LogP contribution in [0.3, 0.4) is 0 Å². The Labute approximate surface area is 157 Å². The normalized spacial score (nSPS) is 17.7. The van der Waals surface area contributed by atoms with Gasteiger partial charge in [-0.1, -0.05) is 35.3 Å². The van der Waals surface area contributed by atoms with Gasteiger partial charge in [-0.15, -0.1) is 0 Å². The van der Waals surface area contributed by atoms with Crippen LogP contribution in [0, 0.1) is 0 Å². The van der Waals surface area contributed by atoms with E-state index in [1.165, 1.54) is 0 Å². The van der Waals surface area contributed by atoms with Gasteiger partial charge in [-0.3, -0.25) is 4.79 Å². The number of amides is 1. The van der Waals surface area contributed by atoms with Crippen LogP contribution in [0.5, 0.6) is 0 Å². The van der Waals surface area contributed by atoms with Crippen molar-refractivity contribution in [1.29, 1.82) is 0 Å². The molecule has 0 fully saturated rings. The molecule has 0 aliphatic carbocycles. The Hall–Kier alpha value is -1.56. The second-order valence-electron chi connectivity index (χ2n) is 6.04. The third kappa shape index (κ3) is 4.97. The molecule has 136 valence electrons. The third-order valence-corrected chi connectivity index (χ3v) is 4.65. The summed E-state index contributed by atoms with van der Waals surface area (Å²) in [6.45, 7) is 5.93. The van der Waals surface area contributed by atoms with Crippen molar-refractivity contribution in [2.45, 2.75) is 39.2 Å². The highest BCUT2D eigenvalue weighted by Crippen LogP contribution is 2.39. The highest BCUT2D eigenvalue weighted by atomic mass is 35.5. The van der Waals surface area contributed by atoms with E-state index in [2.05, 4.69) is 5.32 Å². The van der Waals surface area contributed by atoms with Crippen LogP contribution in [-0.2, 0) is 19.1 Å². The lowest BCUT2D eigenvalue weighted by molar-refractivity contribution is -0.141. The van der Waals surface area contributed by atoms with Crippen LogP contribution in [0.25, 0.3) is 0 Å². The average molecular weight is 386 g/mol. The van der Waals surface area contributed by atoms with Crippen molar-refractivity contribution in [2.75, 3.05) is 13.2 Å². The Morgan fingerprint density at radius 3 is 2.72 bits per heavy atom. The molecule has 1 aromatic carbocycles. The molecule has 1 atom stereocenters. The number of benzene rings is 1. The number of carbonyl (C=O) groups is 2. The Balaban J connectivity index is 2.25. The lowest BCUT2D eigenvalue weighted by Crippen LogP contribution is -2.34.